The molecule has 2 aliphatic heterocycles. The van der Waals surface area contributed by atoms with Crippen LogP contribution >= 0.6 is 0 Å². The lowest BCUT2D eigenvalue weighted by atomic mass is 10.1. The van der Waals surface area contributed by atoms with E-state index in [9.17, 15) is 9.59 Å². The first kappa shape index (κ1) is 28.7. The lowest BCUT2D eigenvalue weighted by molar-refractivity contribution is -0.120. The van der Waals surface area contributed by atoms with Crippen LogP contribution in [-0.2, 0) is 14.3 Å². The molecule has 5 heterocycles. The van der Waals surface area contributed by atoms with Crippen molar-refractivity contribution in [2.75, 3.05) is 50.0 Å². The average Bonchev–Trinajstić information content (AvgIpc) is 3.22. The molecule has 0 aliphatic carbocycles. The van der Waals surface area contributed by atoms with E-state index in [-0.39, 0.29) is 22.1 Å². The summed E-state index contributed by atoms with van der Waals surface area (Å²) >= 11 is 0. The molecule has 3 aromatic heterocycles. The molecular formula is C31H32N9O4+. The topological polar surface area (TPSA) is 163 Å². The van der Waals surface area contributed by atoms with E-state index in [0.717, 1.165) is 24.5 Å². The van der Waals surface area contributed by atoms with Gasteiger partial charge in [0.1, 0.15) is 30.0 Å². The number of pyridine rings is 2. The second-order valence-corrected chi connectivity index (χ2v) is 10.7. The van der Waals surface area contributed by atoms with E-state index in [1.54, 1.807) is 77.1 Å². The van der Waals surface area contributed by atoms with Crippen molar-refractivity contribution in [1.82, 2.24) is 24.5 Å². The maximum Gasteiger partial charge on any atom is 0.316 e. The number of hydrogen-bond donors (Lipinski definition) is 2. The minimum absolute atomic E-state index is 0.0881. The Morgan fingerprint density at radius 1 is 1.02 bits per heavy atom. The van der Waals surface area contributed by atoms with Crippen molar-refractivity contribution in [1.29, 1.82) is 0 Å². The summed E-state index contributed by atoms with van der Waals surface area (Å²) in [6, 6.07) is 14.4. The fourth-order valence-corrected chi connectivity index (χ4v) is 5.53. The molecule has 2 aliphatic rings. The Kier molecular flexibility index (Phi) is 7.19. The number of carbonyl (C=O) groups is 2. The second kappa shape index (κ2) is 11.0. The summed E-state index contributed by atoms with van der Waals surface area (Å²) in [7, 11) is 5.04. The highest BCUT2D eigenvalue weighted by molar-refractivity contribution is 6.26. The molecule has 13 nitrogen and oxygen atoms in total. The summed E-state index contributed by atoms with van der Waals surface area (Å²) in [4.78, 5) is 46.5. The number of benzene rings is 1. The van der Waals surface area contributed by atoms with Crippen LogP contribution in [-0.4, -0.2) is 72.2 Å². The lowest BCUT2D eigenvalue weighted by Crippen LogP contribution is -2.56. The van der Waals surface area contributed by atoms with Gasteiger partial charge in [-0.3, -0.25) is 9.59 Å². The number of allylic oxidation sites excluding steroid dienone is 1. The highest BCUT2D eigenvalue weighted by Gasteiger charge is 2.52. The smallest absolute Gasteiger partial charge is 0.316 e. The molecule has 4 N–H and O–H groups in total. The maximum atomic E-state index is 13.6. The van der Waals surface area contributed by atoms with Crippen LogP contribution in [0.25, 0.3) is 22.6 Å². The van der Waals surface area contributed by atoms with Crippen LogP contribution < -0.4 is 30.7 Å². The molecule has 44 heavy (non-hydrogen) atoms. The Hall–Kier alpha value is -5.40. The molecule has 1 aromatic carbocycles. The standard InChI is InChI=1S/C31H31N9O4/c1-18-27(30(33)41)31(42)39(20-6-5-7-22(13-20)43-3)40(18,2)21-8-9-24(35-14-21)28-29(32)36-15-25(37-28)19-10-11-34-26(12-19)38-16-23(17-38)44-4/h5-15,23H,16-17H2,1-4H3,(H3-,32,33,34,35,36,41)/p+1. The molecule has 2 amide bonds. The molecule has 224 valence electrons. The Morgan fingerprint density at radius 2 is 1.82 bits per heavy atom. The molecule has 1 atom stereocenters. The number of rotatable bonds is 8. The summed E-state index contributed by atoms with van der Waals surface area (Å²) in [6.45, 7) is 3.25. The van der Waals surface area contributed by atoms with Crippen molar-refractivity contribution in [3.05, 3.63) is 78.4 Å². The first-order chi connectivity index (χ1) is 21.1. The van der Waals surface area contributed by atoms with Crippen molar-refractivity contribution in [2.24, 2.45) is 5.73 Å². The van der Waals surface area contributed by atoms with Crippen molar-refractivity contribution in [3.8, 4) is 28.4 Å². The number of nitrogen functional groups attached to an aromatic ring is 1. The molecular weight excluding hydrogens is 562 g/mol. The van der Waals surface area contributed by atoms with Crippen molar-refractivity contribution in [2.45, 2.75) is 13.0 Å². The molecule has 0 spiro atoms. The SMILES string of the molecule is COc1cccc(N2C(=O)C(C(N)=O)=C(C)[N+]2(C)c2ccc(-c3nc(-c4ccnc(N5CC(OC)C5)c4)cnc3N)nc2)c1. The van der Waals surface area contributed by atoms with Crippen LogP contribution in [0.2, 0.25) is 0 Å². The van der Waals surface area contributed by atoms with Gasteiger partial charge in [0.25, 0.3) is 5.91 Å². The van der Waals surface area contributed by atoms with Gasteiger partial charge in [-0.1, -0.05) is 6.07 Å². The molecule has 6 rings (SSSR count). The second-order valence-electron chi connectivity index (χ2n) is 10.7. The van der Waals surface area contributed by atoms with Crippen LogP contribution in [0.4, 0.5) is 23.0 Å². The molecule has 13 heteroatoms. The Balaban J connectivity index is 1.36. The zero-order chi connectivity index (χ0) is 31.2. The Morgan fingerprint density at radius 3 is 2.50 bits per heavy atom. The van der Waals surface area contributed by atoms with Crippen LogP contribution in [0.1, 0.15) is 6.92 Å². The fourth-order valence-electron chi connectivity index (χ4n) is 5.53. The van der Waals surface area contributed by atoms with E-state index >= 15 is 0 Å². The first-order valence-corrected chi connectivity index (χ1v) is 13.9. The molecule has 1 fully saturated rings. The number of amides is 2. The molecule has 1 unspecified atom stereocenters. The predicted molar refractivity (Wildman–Crippen MR) is 166 cm³/mol. The number of anilines is 3. The van der Waals surface area contributed by atoms with Crippen molar-refractivity contribution in [3.63, 3.8) is 0 Å². The monoisotopic (exact) mass is 594 g/mol. The zero-order valence-electron chi connectivity index (χ0n) is 24.8. The van der Waals surface area contributed by atoms with E-state index in [0.29, 0.717) is 39.9 Å². The van der Waals surface area contributed by atoms with Crippen LogP contribution in [0.15, 0.2) is 78.4 Å². The Labute approximate surface area is 253 Å². The van der Waals surface area contributed by atoms with E-state index in [1.807, 2.05) is 18.2 Å². The predicted octanol–water partition coefficient (Wildman–Crippen LogP) is 2.68. The van der Waals surface area contributed by atoms with Gasteiger partial charge in [-0.15, -0.1) is 5.01 Å². The normalized spacial score (nSPS) is 18.5. The summed E-state index contributed by atoms with van der Waals surface area (Å²) < 4.78 is 10.6. The molecule has 4 aromatic rings. The number of carbonyl (C=O) groups excluding carboxylic acids is 2. The number of nitrogens with two attached hydrogens (primary N) is 2. The summed E-state index contributed by atoms with van der Waals surface area (Å²) in [5, 5.41) is 1.48. The minimum atomic E-state index is -0.807. The van der Waals surface area contributed by atoms with Crippen LogP contribution in [0.5, 0.6) is 5.75 Å². The fraction of sp³-hybridized carbons (Fsp3) is 0.226. The van der Waals surface area contributed by atoms with Gasteiger partial charge in [-0.25, -0.2) is 19.9 Å². The number of hydrogen-bond acceptors (Lipinski definition) is 10. The van der Waals surface area contributed by atoms with Crippen LogP contribution in [0, 0.1) is 0 Å². The zero-order valence-corrected chi connectivity index (χ0v) is 24.8. The molecule has 0 radical (unpaired) electrons. The van der Waals surface area contributed by atoms with Gasteiger partial charge in [0.2, 0.25) is 0 Å². The summed E-state index contributed by atoms with van der Waals surface area (Å²) in [5.74, 6) is 0.273. The molecule has 0 saturated carbocycles. The molecule has 1 saturated heterocycles. The summed E-state index contributed by atoms with van der Waals surface area (Å²) in [6.07, 6.45) is 5.18. The highest BCUT2D eigenvalue weighted by Crippen LogP contribution is 2.41. The Bertz CT molecular complexity index is 1800. The van der Waals surface area contributed by atoms with Crippen molar-refractivity contribution < 1.29 is 19.1 Å². The third-order valence-corrected chi connectivity index (χ3v) is 8.21. The van der Waals surface area contributed by atoms with Gasteiger partial charge in [0.05, 0.1) is 37.0 Å². The minimum Gasteiger partial charge on any atom is -0.497 e. The number of aromatic nitrogens is 4. The third-order valence-electron chi connectivity index (χ3n) is 8.21. The van der Waals surface area contributed by atoms with Gasteiger partial charge >= 0.3 is 5.91 Å². The van der Waals surface area contributed by atoms with E-state index in [2.05, 4.69) is 19.9 Å². The molecule has 0 bridgehead atoms. The van der Waals surface area contributed by atoms with Gasteiger partial charge in [-0.05, 0) is 30.3 Å². The third kappa shape index (κ3) is 4.68. The van der Waals surface area contributed by atoms with Crippen molar-refractivity contribution >= 4 is 34.8 Å². The number of nitrogens with zero attached hydrogens (tertiary/aromatic N) is 7. The largest absolute Gasteiger partial charge is 0.497 e. The lowest BCUT2D eigenvalue weighted by Gasteiger charge is -2.39. The van der Waals surface area contributed by atoms with Gasteiger partial charge in [0, 0.05) is 51.0 Å². The number of methoxy groups -OCH3 is 2. The average molecular weight is 595 g/mol. The van der Waals surface area contributed by atoms with E-state index in [1.165, 1.54) is 5.01 Å². The first-order valence-electron chi connectivity index (χ1n) is 13.9. The van der Waals surface area contributed by atoms with Crippen LogP contribution in [0.3, 0.4) is 0 Å². The van der Waals surface area contributed by atoms with Gasteiger partial charge in [-0.2, -0.15) is 4.59 Å². The van der Waals surface area contributed by atoms with Gasteiger partial charge < -0.3 is 25.8 Å². The quantitative estimate of drug-likeness (QED) is 0.229. The van der Waals surface area contributed by atoms with E-state index < -0.39 is 11.8 Å². The van der Waals surface area contributed by atoms with Gasteiger partial charge in [0.15, 0.2) is 22.8 Å². The van der Waals surface area contributed by atoms with E-state index in [4.69, 9.17) is 25.9 Å². The number of ether oxygens (including phenoxy) is 2. The highest BCUT2D eigenvalue weighted by atomic mass is 16.5. The maximum absolute atomic E-state index is 13.6. The number of primary amides is 1. The summed E-state index contributed by atoms with van der Waals surface area (Å²) in [5.41, 5.74) is 15.8. The number of quaternary nitrogens is 1.